The molecular formula is C18H14BrNO2. The summed E-state index contributed by atoms with van der Waals surface area (Å²) in [6.07, 6.45) is 1.77. The number of halogens is 1. The maximum Gasteiger partial charge on any atom is 0.234 e. The van der Waals surface area contributed by atoms with E-state index >= 15 is 0 Å². The van der Waals surface area contributed by atoms with Crippen LogP contribution in [0, 0.1) is 0 Å². The molecule has 0 bridgehead atoms. The molecule has 4 heteroatoms. The quantitative estimate of drug-likeness (QED) is 0.606. The van der Waals surface area contributed by atoms with Crippen LogP contribution in [0.3, 0.4) is 0 Å². The van der Waals surface area contributed by atoms with Crippen molar-refractivity contribution in [2.75, 3.05) is 19.0 Å². The molecule has 0 radical (unpaired) electrons. The van der Waals surface area contributed by atoms with Crippen molar-refractivity contribution in [2.45, 2.75) is 0 Å². The van der Waals surface area contributed by atoms with Crippen LogP contribution in [0.4, 0.5) is 5.69 Å². The molecule has 1 aliphatic rings. The normalized spacial score (nSPS) is 15.3. The van der Waals surface area contributed by atoms with E-state index in [2.05, 4.69) is 15.9 Å². The van der Waals surface area contributed by atoms with E-state index in [0.717, 1.165) is 15.7 Å². The second-order valence-corrected chi connectivity index (χ2v) is 6.22. The summed E-state index contributed by atoms with van der Waals surface area (Å²) in [5.41, 5.74) is 3.60. The number of Topliss-reactive ketones (excluding diaryl/α,β-unsaturated/α-hetero) is 2. The van der Waals surface area contributed by atoms with E-state index in [1.54, 1.807) is 18.2 Å². The van der Waals surface area contributed by atoms with E-state index in [4.69, 9.17) is 0 Å². The summed E-state index contributed by atoms with van der Waals surface area (Å²) in [5, 5.41) is 0. The highest BCUT2D eigenvalue weighted by atomic mass is 79.9. The van der Waals surface area contributed by atoms with Crippen LogP contribution in [-0.4, -0.2) is 25.7 Å². The van der Waals surface area contributed by atoms with Crippen molar-refractivity contribution in [1.82, 2.24) is 0 Å². The molecule has 0 aromatic heterocycles. The van der Waals surface area contributed by atoms with Gasteiger partial charge in [0.1, 0.15) is 0 Å². The van der Waals surface area contributed by atoms with Gasteiger partial charge in [-0.2, -0.15) is 0 Å². The number of hydrogen-bond acceptors (Lipinski definition) is 3. The number of ketones is 2. The summed E-state index contributed by atoms with van der Waals surface area (Å²) in [7, 11) is 3.93. The molecule has 0 spiro atoms. The number of allylic oxidation sites excluding steroid dienone is 1. The average Bonchev–Trinajstić information content (AvgIpc) is 2.73. The molecule has 3 nitrogen and oxygen atoms in total. The van der Waals surface area contributed by atoms with Crippen LogP contribution in [0.1, 0.15) is 21.5 Å². The van der Waals surface area contributed by atoms with Gasteiger partial charge in [-0.25, -0.2) is 0 Å². The minimum absolute atomic E-state index is 0.425. The van der Waals surface area contributed by atoms with Gasteiger partial charge in [-0.1, -0.05) is 30.3 Å². The number of nitrogens with zero attached hydrogens (tertiary/aromatic N) is 1. The Morgan fingerprint density at radius 1 is 0.955 bits per heavy atom. The summed E-state index contributed by atoms with van der Waals surface area (Å²) in [5.74, 6) is -0.861. The lowest BCUT2D eigenvalue weighted by atomic mass is 10.0. The van der Waals surface area contributed by atoms with Gasteiger partial charge in [-0.15, -0.1) is 0 Å². The van der Waals surface area contributed by atoms with E-state index in [-0.39, 0.29) is 0 Å². The predicted octanol–water partition coefficient (Wildman–Crippen LogP) is 3.82. The average molecular weight is 356 g/mol. The second-order valence-electron chi connectivity index (χ2n) is 5.37. The minimum Gasteiger partial charge on any atom is -0.377 e. The zero-order valence-corrected chi connectivity index (χ0v) is 13.8. The number of carbonyl (C=O) groups excluding carboxylic acids is 2. The zero-order chi connectivity index (χ0) is 15.9. The molecule has 2 aromatic carbocycles. The Hall–Kier alpha value is -2.20. The molecule has 110 valence electrons. The lowest BCUT2D eigenvalue weighted by Crippen LogP contribution is -2.09. The molecule has 0 aliphatic heterocycles. The van der Waals surface area contributed by atoms with Crippen molar-refractivity contribution in [3.63, 3.8) is 0 Å². The highest BCUT2D eigenvalue weighted by Crippen LogP contribution is 2.32. The van der Waals surface area contributed by atoms with Crippen LogP contribution in [0.2, 0.25) is 0 Å². The van der Waals surface area contributed by atoms with E-state index < -0.39 is 11.6 Å². The molecule has 0 heterocycles. The largest absolute Gasteiger partial charge is 0.377 e. The number of benzene rings is 2. The van der Waals surface area contributed by atoms with E-state index in [1.807, 2.05) is 49.3 Å². The van der Waals surface area contributed by atoms with Crippen LogP contribution in [0.5, 0.6) is 0 Å². The summed E-state index contributed by atoms with van der Waals surface area (Å²) in [4.78, 5) is 26.2. The smallest absolute Gasteiger partial charge is 0.234 e. The highest BCUT2D eigenvalue weighted by molar-refractivity contribution is 9.10. The molecule has 0 saturated carbocycles. The van der Waals surface area contributed by atoms with Crippen LogP contribution in [0.25, 0.3) is 11.6 Å². The number of anilines is 1. The van der Waals surface area contributed by atoms with Gasteiger partial charge < -0.3 is 4.90 Å². The second kappa shape index (κ2) is 5.54. The molecule has 22 heavy (non-hydrogen) atoms. The van der Waals surface area contributed by atoms with Gasteiger partial charge in [0, 0.05) is 29.7 Å². The fraction of sp³-hybridized carbons (Fsp3) is 0.111. The van der Waals surface area contributed by atoms with Crippen molar-refractivity contribution in [2.24, 2.45) is 0 Å². The minimum atomic E-state index is -0.436. The van der Waals surface area contributed by atoms with Gasteiger partial charge in [0.15, 0.2) is 0 Å². The first-order valence-electron chi connectivity index (χ1n) is 6.86. The molecule has 0 atom stereocenters. The molecular weight excluding hydrogens is 342 g/mol. The Balaban J connectivity index is 2.08. The number of hydrogen-bond donors (Lipinski definition) is 0. The SMILES string of the molecule is CN(C)c1ccc(C=C2C(=O)C(=O)c3ccccc32)cc1Br. The third kappa shape index (κ3) is 2.40. The Bertz CT molecular complexity index is 822. The van der Waals surface area contributed by atoms with Gasteiger partial charge in [-0.3, -0.25) is 9.59 Å². The third-order valence-electron chi connectivity index (χ3n) is 3.68. The van der Waals surface area contributed by atoms with E-state index in [1.165, 1.54) is 0 Å². The molecule has 0 saturated heterocycles. The van der Waals surface area contributed by atoms with Crippen molar-refractivity contribution in [1.29, 1.82) is 0 Å². The van der Waals surface area contributed by atoms with Crippen LogP contribution < -0.4 is 4.90 Å². The predicted molar refractivity (Wildman–Crippen MR) is 92.1 cm³/mol. The van der Waals surface area contributed by atoms with Crippen molar-refractivity contribution in [3.8, 4) is 0 Å². The molecule has 0 unspecified atom stereocenters. The lowest BCUT2D eigenvalue weighted by Gasteiger charge is -2.14. The molecule has 0 amide bonds. The molecule has 2 aromatic rings. The van der Waals surface area contributed by atoms with Crippen molar-refractivity contribution in [3.05, 3.63) is 63.6 Å². The first-order valence-corrected chi connectivity index (χ1v) is 7.65. The van der Waals surface area contributed by atoms with Crippen LogP contribution in [0.15, 0.2) is 46.9 Å². The van der Waals surface area contributed by atoms with Crippen molar-refractivity contribution >= 4 is 44.8 Å². The fourth-order valence-electron chi connectivity index (χ4n) is 2.57. The first-order chi connectivity index (χ1) is 10.5. The molecule has 0 fully saturated rings. The monoisotopic (exact) mass is 355 g/mol. The Labute approximate surface area is 137 Å². The first kappa shape index (κ1) is 14.7. The maximum atomic E-state index is 12.2. The van der Waals surface area contributed by atoms with Crippen LogP contribution in [-0.2, 0) is 4.79 Å². The molecule has 3 rings (SSSR count). The summed E-state index contributed by atoms with van der Waals surface area (Å²) >= 11 is 3.53. The highest BCUT2D eigenvalue weighted by Gasteiger charge is 2.32. The zero-order valence-electron chi connectivity index (χ0n) is 12.3. The Kier molecular flexibility index (Phi) is 3.71. The van der Waals surface area contributed by atoms with E-state index in [0.29, 0.717) is 16.7 Å². The number of rotatable bonds is 2. The summed E-state index contributed by atoms with van der Waals surface area (Å²) in [6, 6.07) is 13.0. The Morgan fingerprint density at radius 3 is 2.27 bits per heavy atom. The van der Waals surface area contributed by atoms with Gasteiger partial charge >= 0.3 is 0 Å². The summed E-state index contributed by atoms with van der Waals surface area (Å²) in [6.45, 7) is 0. The lowest BCUT2D eigenvalue weighted by molar-refractivity contribution is -0.109. The van der Waals surface area contributed by atoms with Gasteiger partial charge in [0.05, 0.1) is 5.69 Å². The maximum absolute atomic E-state index is 12.2. The number of carbonyl (C=O) groups is 2. The standard InChI is InChI=1S/C18H14BrNO2/c1-20(2)16-8-7-11(10-15(16)19)9-14-12-5-3-4-6-13(12)17(21)18(14)22/h3-10H,1-2H3. The molecule has 1 aliphatic carbocycles. The van der Waals surface area contributed by atoms with Gasteiger partial charge in [-0.05, 0) is 45.3 Å². The van der Waals surface area contributed by atoms with Crippen LogP contribution >= 0.6 is 15.9 Å². The van der Waals surface area contributed by atoms with Gasteiger partial charge in [0.2, 0.25) is 11.6 Å². The number of fused-ring (bicyclic) bond motifs is 1. The topological polar surface area (TPSA) is 37.4 Å². The van der Waals surface area contributed by atoms with Gasteiger partial charge in [0.25, 0.3) is 0 Å². The Morgan fingerprint density at radius 2 is 1.64 bits per heavy atom. The fourth-order valence-corrected chi connectivity index (χ4v) is 3.32. The molecule has 0 N–H and O–H groups in total. The van der Waals surface area contributed by atoms with Crippen molar-refractivity contribution < 1.29 is 9.59 Å². The summed E-state index contributed by atoms with van der Waals surface area (Å²) < 4.78 is 0.942. The van der Waals surface area contributed by atoms with E-state index in [9.17, 15) is 9.59 Å². The third-order valence-corrected chi connectivity index (χ3v) is 4.31.